The molecule has 0 unspecified atom stereocenters. The minimum absolute atomic E-state index is 0.151. The number of hydrogen-bond donors (Lipinski definition) is 1. The molecule has 4 rings (SSSR count). The van der Waals surface area contributed by atoms with Crippen molar-refractivity contribution in [2.75, 3.05) is 13.1 Å². The smallest absolute Gasteiger partial charge is 0.163 e. The Morgan fingerprint density at radius 3 is 2.62 bits per heavy atom. The molecule has 0 fully saturated rings. The highest BCUT2D eigenvalue weighted by molar-refractivity contribution is 6.31. The van der Waals surface area contributed by atoms with Crippen molar-refractivity contribution in [3.63, 3.8) is 0 Å². The fourth-order valence-corrected chi connectivity index (χ4v) is 4.18. The molecule has 3 aromatic rings. The van der Waals surface area contributed by atoms with Gasteiger partial charge in [-0.05, 0) is 78.8 Å². The van der Waals surface area contributed by atoms with E-state index in [2.05, 4.69) is 34.3 Å². The third-order valence-electron chi connectivity index (χ3n) is 5.92. The van der Waals surface area contributed by atoms with E-state index in [0.717, 1.165) is 75.7 Å². The van der Waals surface area contributed by atoms with E-state index in [-0.39, 0.29) is 5.78 Å². The molecular weight excluding hydrogens is 418 g/mol. The maximum Gasteiger partial charge on any atom is 0.163 e. The lowest BCUT2D eigenvalue weighted by atomic mass is 9.93. The number of aryl methyl sites for hydroxylation is 4. The predicted molar refractivity (Wildman–Crippen MR) is 132 cm³/mol. The summed E-state index contributed by atoms with van der Waals surface area (Å²) in [5.41, 5.74) is 7.32. The molecule has 1 aliphatic rings. The second-order valence-corrected chi connectivity index (χ2v) is 8.78. The van der Waals surface area contributed by atoms with Crippen molar-refractivity contribution in [2.24, 2.45) is 4.99 Å². The lowest BCUT2D eigenvalue weighted by molar-refractivity contribution is 0.0982. The number of pyridine rings is 1. The molecule has 2 aromatic carbocycles. The molecule has 4 nitrogen and oxygen atoms in total. The fourth-order valence-electron chi connectivity index (χ4n) is 4.06. The van der Waals surface area contributed by atoms with Gasteiger partial charge in [0, 0.05) is 47.9 Å². The van der Waals surface area contributed by atoms with E-state index in [1.807, 2.05) is 43.5 Å². The van der Waals surface area contributed by atoms with Crippen molar-refractivity contribution >= 4 is 23.2 Å². The van der Waals surface area contributed by atoms with E-state index in [0.29, 0.717) is 12.8 Å². The van der Waals surface area contributed by atoms with Crippen LogP contribution >= 0.6 is 11.6 Å². The van der Waals surface area contributed by atoms with Crippen LogP contribution in [0.1, 0.15) is 45.5 Å². The van der Waals surface area contributed by atoms with Crippen LogP contribution in [0.5, 0.6) is 0 Å². The number of carbonyl (C=O) groups excluding carboxylic acids is 1. The first-order valence-electron chi connectivity index (χ1n) is 11.1. The average molecular weight is 446 g/mol. The van der Waals surface area contributed by atoms with Crippen molar-refractivity contribution < 1.29 is 4.79 Å². The van der Waals surface area contributed by atoms with Gasteiger partial charge in [0.2, 0.25) is 0 Å². The maximum absolute atomic E-state index is 13.2. The molecule has 1 N–H and O–H groups in total. The number of halogens is 1. The van der Waals surface area contributed by atoms with Crippen molar-refractivity contribution in [2.45, 2.75) is 39.5 Å². The molecule has 0 radical (unpaired) electrons. The topological polar surface area (TPSA) is 54.4 Å². The number of benzene rings is 2. The SMILES string of the molecule is Cc1cc(CCC(=O)c2cc(CCC3=NCCN3)cc(-c3cnccc3C)c2)ccc1Cl. The third kappa shape index (κ3) is 5.43. The summed E-state index contributed by atoms with van der Waals surface area (Å²) in [5, 5.41) is 4.09. The summed E-state index contributed by atoms with van der Waals surface area (Å²) < 4.78 is 0. The van der Waals surface area contributed by atoms with Gasteiger partial charge in [0.15, 0.2) is 5.78 Å². The van der Waals surface area contributed by atoms with E-state index >= 15 is 0 Å². The van der Waals surface area contributed by atoms with E-state index in [4.69, 9.17) is 11.6 Å². The zero-order chi connectivity index (χ0) is 22.5. The normalized spacial score (nSPS) is 13.0. The third-order valence-corrected chi connectivity index (χ3v) is 6.35. The van der Waals surface area contributed by atoms with Crippen LogP contribution in [0.25, 0.3) is 11.1 Å². The number of nitrogens with one attached hydrogen (secondary N) is 1. The van der Waals surface area contributed by atoms with E-state index < -0.39 is 0 Å². The molecule has 5 heteroatoms. The quantitative estimate of drug-likeness (QED) is 0.448. The number of aliphatic imine (C=N–C) groups is 1. The van der Waals surface area contributed by atoms with Crippen LogP contribution in [0, 0.1) is 13.8 Å². The molecule has 0 bridgehead atoms. The molecule has 0 saturated carbocycles. The van der Waals surface area contributed by atoms with E-state index in [1.165, 1.54) is 0 Å². The Balaban J connectivity index is 1.58. The molecule has 32 heavy (non-hydrogen) atoms. The lowest BCUT2D eigenvalue weighted by Crippen LogP contribution is -2.18. The number of nitrogens with zero attached hydrogens (tertiary/aromatic N) is 2. The van der Waals surface area contributed by atoms with Gasteiger partial charge in [-0.25, -0.2) is 0 Å². The first-order chi connectivity index (χ1) is 15.5. The number of hydrogen-bond acceptors (Lipinski definition) is 4. The summed E-state index contributed by atoms with van der Waals surface area (Å²) in [4.78, 5) is 22.0. The number of carbonyl (C=O) groups is 1. The Morgan fingerprint density at radius 1 is 1.00 bits per heavy atom. The maximum atomic E-state index is 13.2. The van der Waals surface area contributed by atoms with Crippen LogP contribution in [-0.4, -0.2) is 29.7 Å². The number of ketones is 1. The zero-order valence-electron chi connectivity index (χ0n) is 18.6. The van der Waals surface area contributed by atoms with Gasteiger partial charge in [-0.1, -0.05) is 29.8 Å². The summed E-state index contributed by atoms with van der Waals surface area (Å²) in [6.07, 6.45) is 6.53. The van der Waals surface area contributed by atoms with Gasteiger partial charge in [-0.15, -0.1) is 0 Å². The summed E-state index contributed by atoms with van der Waals surface area (Å²) >= 11 is 6.14. The standard InChI is InChI=1S/C27H28ClN3O/c1-18-9-10-29-17-24(18)22-14-21(5-8-27-30-11-12-31-27)15-23(16-22)26(32)7-4-20-3-6-25(28)19(2)13-20/h3,6,9-10,13-17H,4-5,7-8,11-12H2,1-2H3,(H,30,31). The Morgan fingerprint density at radius 2 is 1.88 bits per heavy atom. The van der Waals surface area contributed by atoms with Crippen molar-refractivity contribution in [3.05, 3.63) is 87.7 Å². The van der Waals surface area contributed by atoms with Crippen LogP contribution in [-0.2, 0) is 12.8 Å². The van der Waals surface area contributed by atoms with Crippen LogP contribution in [0.15, 0.2) is 59.9 Å². The van der Waals surface area contributed by atoms with Crippen LogP contribution in [0.3, 0.4) is 0 Å². The van der Waals surface area contributed by atoms with Gasteiger partial charge in [0.25, 0.3) is 0 Å². The highest BCUT2D eigenvalue weighted by Crippen LogP contribution is 2.27. The fraction of sp³-hybridized carbons (Fsp3) is 0.296. The van der Waals surface area contributed by atoms with Crippen molar-refractivity contribution in [3.8, 4) is 11.1 Å². The largest absolute Gasteiger partial charge is 0.372 e. The molecular formula is C27H28ClN3O. The van der Waals surface area contributed by atoms with Crippen LogP contribution in [0.4, 0.5) is 0 Å². The molecule has 0 aliphatic carbocycles. The summed E-state index contributed by atoms with van der Waals surface area (Å²) in [6.45, 7) is 5.82. The van der Waals surface area contributed by atoms with Gasteiger partial charge < -0.3 is 5.32 Å². The van der Waals surface area contributed by atoms with Crippen molar-refractivity contribution in [1.29, 1.82) is 0 Å². The van der Waals surface area contributed by atoms with Gasteiger partial charge in [0.1, 0.15) is 0 Å². The van der Waals surface area contributed by atoms with Crippen LogP contribution < -0.4 is 5.32 Å². The summed E-state index contributed by atoms with van der Waals surface area (Å²) in [5.74, 6) is 1.21. The molecule has 0 saturated heterocycles. The molecule has 164 valence electrons. The highest BCUT2D eigenvalue weighted by atomic mass is 35.5. The molecule has 1 aliphatic heterocycles. The lowest BCUT2D eigenvalue weighted by Gasteiger charge is -2.12. The number of rotatable bonds is 8. The molecule has 0 spiro atoms. The number of Topliss-reactive ketones (excluding diaryl/α,β-unsaturated/α-hetero) is 1. The summed E-state index contributed by atoms with van der Waals surface area (Å²) in [7, 11) is 0. The highest BCUT2D eigenvalue weighted by Gasteiger charge is 2.13. The second kappa shape index (κ2) is 10.1. The number of aromatic nitrogens is 1. The average Bonchev–Trinajstić information content (AvgIpc) is 3.32. The predicted octanol–water partition coefficient (Wildman–Crippen LogP) is 5.77. The Bertz CT molecular complexity index is 1170. The Kier molecular flexibility index (Phi) is 7.01. The Hall–Kier alpha value is -2.98. The summed E-state index contributed by atoms with van der Waals surface area (Å²) in [6, 6.07) is 14.2. The Labute approximate surface area is 194 Å². The van der Waals surface area contributed by atoms with E-state index in [1.54, 1.807) is 6.20 Å². The zero-order valence-corrected chi connectivity index (χ0v) is 19.4. The van der Waals surface area contributed by atoms with Gasteiger partial charge in [-0.2, -0.15) is 0 Å². The molecule has 2 heterocycles. The molecule has 0 atom stereocenters. The first kappa shape index (κ1) is 22.2. The second-order valence-electron chi connectivity index (χ2n) is 8.37. The van der Waals surface area contributed by atoms with Crippen LogP contribution in [0.2, 0.25) is 5.02 Å². The number of amidine groups is 1. The van der Waals surface area contributed by atoms with E-state index in [9.17, 15) is 4.79 Å². The minimum atomic E-state index is 0.151. The van der Waals surface area contributed by atoms with Gasteiger partial charge in [0.05, 0.1) is 12.4 Å². The molecule has 1 aromatic heterocycles. The van der Waals surface area contributed by atoms with Crippen molar-refractivity contribution in [1.82, 2.24) is 10.3 Å². The minimum Gasteiger partial charge on any atom is -0.372 e. The molecule has 0 amide bonds. The van der Waals surface area contributed by atoms with Gasteiger partial charge in [-0.3, -0.25) is 14.8 Å². The monoisotopic (exact) mass is 445 g/mol. The van der Waals surface area contributed by atoms with Gasteiger partial charge >= 0.3 is 0 Å². The first-order valence-corrected chi connectivity index (χ1v) is 11.5.